The third kappa shape index (κ3) is 4.86. The predicted molar refractivity (Wildman–Crippen MR) is 68.3 cm³/mol. The number of carboxylic acids is 1. The Morgan fingerprint density at radius 2 is 1.89 bits per heavy atom. The molecule has 0 fully saturated rings. The molecule has 0 aromatic heterocycles. The molecule has 0 aliphatic carbocycles. The van der Waals surface area contributed by atoms with Crippen molar-refractivity contribution in [2.75, 3.05) is 18.1 Å². The number of alkyl halides is 2. The van der Waals surface area contributed by atoms with Gasteiger partial charge in [0.2, 0.25) is 0 Å². The minimum Gasteiger partial charge on any atom is -0.481 e. The second-order valence-corrected chi connectivity index (χ2v) is 4.75. The van der Waals surface area contributed by atoms with E-state index in [4.69, 9.17) is 5.11 Å². The molecule has 0 atom stereocenters. The van der Waals surface area contributed by atoms with E-state index in [1.165, 1.54) is 24.3 Å². The van der Waals surface area contributed by atoms with Crippen LogP contribution in [-0.4, -0.2) is 35.0 Å². The van der Waals surface area contributed by atoms with Crippen molar-refractivity contribution in [2.24, 2.45) is 0 Å². The summed E-state index contributed by atoms with van der Waals surface area (Å²) in [5.41, 5.74) is -0.370. The lowest BCUT2D eigenvalue weighted by Crippen LogP contribution is -2.39. The Balaban J connectivity index is 2.42. The van der Waals surface area contributed by atoms with Crippen molar-refractivity contribution < 1.29 is 23.5 Å². The highest BCUT2D eigenvalue weighted by Crippen LogP contribution is 2.27. The molecule has 19 heavy (non-hydrogen) atoms. The van der Waals surface area contributed by atoms with Gasteiger partial charge in [0, 0.05) is 17.9 Å². The SMILES string of the molecule is O=C(O)CSCCNC(=O)C(F)(F)c1ccccc1. The summed E-state index contributed by atoms with van der Waals surface area (Å²) in [5.74, 6) is -5.80. The van der Waals surface area contributed by atoms with Gasteiger partial charge in [0.15, 0.2) is 0 Å². The van der Waals surface area contributed by atoms with Gasteiger partial charge in [-0.1, -0.05) is 30.3 Å². The first-order valence-electron chi connectivity index (χ1n) is 5.45. The number of benzene rings is 1. The van der Waals surface area contributed by atoms with Crippen LogP contribution in [0.25, 0.3) is 0 Å². The van der Waals surface area contributed by atoms with Gasteiger partial charge in [-0.3, -0.25) is 9.59 Å². The Hall–Kier alpha value is -1.63. The zero-order valence-electron chi connectivity index (χ0n) is 9.94. The van der Waals surface area contributed by atoms with Crippen molar-refractivity contribution >= 4 is 23.6 Å². The summed E-state index contributed by atoms with van der Waals surface area (Å²) < 4.78 is 27.3. The average Bonchev–Trinajstić information content (AvgIpc) is 2.38. The predicted octanol–water partition coefficient (Wildman–Crippen LogP) is 1.71. The van der Waals surface area contributed by atoms with Crippen molar-refractivity contribution in [3.05, 3.63) is 35.9 Å². The fraction of sp³-hybridized carbons (Fsp3) is 0.333. The van der Waals surface area contributed by atoms with Gasteiger partial charge in [-0.2, -0.15) is 8.78 Å². The molecule has 0 bridgehead atoms. The molecule has 0 aliphatic rings. The molecular formula is C12H13F2NO3S. The van der Waals surface area contributed by atoms with Gasteiger partial charge < -0.3 is 10.4 Å². The summed E-state index contributed by atoms with van der Waals surface area (Å²) in [6.45, 7) is -0.000790. The third-order valence-electron chi connectivity index (χ3n) is 2.18. The molecule has 1 rings (SSSR count). The number of halogens is 2. The van der Waals surface area contributed by atoms with E-state index in [-0.39, 0.29) is 23.6 Å². The van der Waals surface area contributed by atoms with Crippen molar-refractivity contribution in [3.8, 4) is 0 Å². The molecule has 1 aromatic rings. The molecule has 0 spiro atoms. The summed E-state index contributed by atoms with van der Waals surface area (Å²) in [4.78, 5) is 21.6. The average molecular weight is 289 g/mol. The van der Waals surface area contributed by atoms with Gasteiger partial charge in [0.25, 0.3) is 5.91 Å². The molecule has 1 amide bonds. The zero-order valence-corrected chi connectivity index (χ0v) is 10.8. The second kappa shape index (κ2) is 7.08. The van der Waals surface area contributed by atoms with Crippen LogP contribution in [0, 0.1) is 0 Å². The van der Waals surface area contributed by atoms with Gasteiger partial charge in [0.1, 0.15) is 0 Å². The Labute approximate surface area is 113 Å². The molecular weight excluding hydrogens is 276 g/mol. The first-order valence-corrected chi connectivity index (χ1v) is 6.61. The first-order chi connectivity index (χ1) is 8.94. The number of carbonyl (C=O) groups excluding carboxylic acids is 1. The maximum absolute atomic E-state index is 13.7. The minimum atomic E-state index is -3.58. The Morgan fingerprint density at radius 1 is 1.26 bits per heavy atom. The number of hydrogen-bond donors (Lipinski definition) is 2. The van der Waals surface area contributed by atoms with Gasteiger partial charge in [-0.25, -0.2) is 0 Å². The lowest BCUT2D eigenvalue weighted by atomic mass is 10.1. The summed E-state index contributed by atoms with van der Waals surface area (Å²) in [7, 11) is 0. The van der Waals surface area contributed by atoms with E-state index in [0.29, 0.717) is 0 Å². The van der Waals surface area contributed by atoms with Crippen LogP contribution in [0.5, 0.6) is 0 Å². The number of amides is 1. The molecule has 104 valence electrons. The van der Waals surface area contributed by atoms with Gasteiger partial charge in [-0.15, -0.1) is 11.8 Å². The summed E-state index contributed by atoms with van der Waals surface area (Å²) in [5, 5.41) is 10.5. The van der Waals surface area contributed by atoms with Crippen LogP contribution in [0.3, 0.4) is 0 Å². The van der Waals surface area contributed by atoms with Crippen LogP contribution in [0.4, 0.5) is 8.78 Å². The van der Waals surface area contributed by atoms with Crippen LogP contribution in [0.1, 0.15) is 5.56 Å². The van der Waals surface area contributed by atoms with Crippen molar-refractivity contribution in [2.45, 2.75) is 5.92 Å². The maximum atomic E-state index is 13.7. The molecule has 2 N–H and O–H groups in total. The van der Waals surface area contributed by atoms with E-state index in [1.807, 2.05) is 0 Å². The Bertz CT molecular complexity index is 440. The third-order valence-corrected chi connectivity index (χ3v) is 3.12. The van der Waals surface area contributed by atoms with Gasteiger partial charge >= 0.3 is 11.9 Å². The van der Waals surface area contributed by atoms with Crippen molar-refractivity contribution in [1.82, 2.24) is 5.32 Å². The molecule has 4 nitrogen and oxygen atoms in total. The normalized spacial score (nSPS) is 11.1. The van der Waals surface area contributed by atoms with E-state index >= 15 is 0 Å². The summed E-state index contributed by atoms with van der Waals surface area (Å²) >= 11 is 1.05. The second-order valence-electron chi connectivity index (χ2n) is 3.64. The number of hydrogen-bond acceptors (Lipinski definition) is 3. The van der Waals surface area contributed by atoms with Crippen LogP contribution >= 0.6 is 11.8 Å². The van der Waals surface area contributed by atoms with Gasteiger partial charge in [-0.05, 0) is 0 Å². The molecule has 0 heterocycles. The van der Waals surface area contributed by atoms with Crippen molar-refractivity contribution in [3.63, 3.8) is 0 Å². The number of rotatable bonds is 7. The first kappa shape index (κ1) is 15.4. The number of nitrogens with one attached hydrogen (secondary N) is 1. The highest BCUT2D eigenvalue weighted by molar-refractivity contribution is 7.99. The van der Waals surface area contributed by atoms with Crippen LogP contribution < -0.4 is 5.32 Å². The molecule has 0 saturated heterocycles. The highest BCUT2D eigenvalue weighted by Gasteiger charge is 2.40. The summed E-state index contributed by atoms with van der Waals surface area (Å²) in [6.07, 6.45) is 0. The number of carbonyl (C=O) groups is 2. The van der Waals surface area contributed by atoms with E-state index in [9.17, 15) is 18.4 Å². The molecule has 7 heteroatoms. The van der Waals surface area contributed by atoms with Crippen LogP contribution in [0.2, 0.25) is 0 Å². The highest BCUT2D eigenvalue weighted by atomic mass is 32.2. The van der Waals surface area contributed by atoms with Gasteiger partial charge in [0.05, 0.1) is 5.75 Å². The van der Waals surface area contributed by atoms with E-state index in [1.54, 1.807) is 6.07 Å². The topological polar surface area (TPSA) is 66.4 Å². The lowest BCUT2D eigenvalue weighted by Gasteiger charge is -2.16. The largest absolute Gasteiger partial charge is 0.481 e. The van der Waals surface area contributed by atoms with E-state index < -0.39 is 17.8 Å². The molecule has 0 radical (unpaired) electrons. The lowest BCUT2D eigenvalue weighted by molar-refractivity contribution is -0.146. The van der Waals surface area contributed by atoms with E-state index in [0.717, 1.165) is 11.8 Å². The molecule has 0 aliphatic heterocycles. The Morgan fingerprint density at radius 3 is 2.47 bits per heavy atom. The molecule has 0 saturated carbocycles. The zero-order chi connectivity index (χ0) is 14.3. The standard InChI is InChI=1S/C12H13F2NO3S/c13-12(14,9-4-2-1-3-5-9)11(18)15-6-7-19-8-10(16)17/h1-5H,6-8H2,(H,15,18)(H,16,17). The fourth-order valence-corrected chi connectivity index (χ4v) is 1.85. The number of aliphatic carboxylic acids is 1. The Kier molecular flexibility index (Phi) is 5.75. The number of thioether (sulfide) groups is 1. The molecule has 0 unspecified atom stereocenters. The van der Waals surface area contributed by atoms with Crippen LogP contribution in [0.15, 0.2) is 30.3 Å². The summed E-state index contributed by atoms with van der Waals surface area (Å²) in [6, 6.07) is 6.80. The number of carboxylic acid groups (broad SMARTS) is 1. The van der Waals surface area contributed by atoms with Crippen molar-refractivity contribution in [1.29, 1.82) is 0 Å². The maximum Gasteiger partial charge on any atom is 0.349 e. The molecule has 1 aromatic carbocycles. The van der Waals surface area contributed by atoms with E-state index in [2.05, 4.69) is 5.32 Å². The quantitative estimate of drug-likeness (QED) is 0.750. The smallest absolute Gasteiger partial charge is 0.349 e. The monoisotopic (exact) mass is 289 g/mol. The fourth-order valence-electron chi connectivity index (χ4n) is 1.29. The van der Waals surface area contributed by atoms with Crippen LogP contribution in [-0.2, 0) is 15.5 Å². The minimum absolute atomic E-state index is 0.000790.